The average Bonchev–Trinajstić information content (AvgIpc) is 3.86. The van der Waals surface area contributed by atoms with E-state index in [0.29, 0.717) is 23.9 Å². The molecule has 1 rings (SSSR count). The Labute approximate surface area is 318 Å². The van der Waals surface area contributed by atoms with E-state index in [4.69, 9.17) is 18.5 Å². The Bertz CT molecular complexity index is 984. The van der Waals surface area contributed by atoms with E-state index < -0.39 is 32.5 Å². The van der Waals surface area contributed by atoms with Crippen LogP contribution < -0.4 is 4.89 Å². The number of unbranched alkanes of at least 4 members (excludes halogenated alkanes) is 20. The van der Waals surface area contributed by atoms with Gasteiger partial charge in [0.2, 0.25) is 0 Å². The minimum Gasteiger partial charge on any atom is -0.756 e. The van der Waals surface area contributed by atoms with Gasteiger partial charge in [-0.05, 0) is 32.1 Å². The lowest BCUT2D eigenvalue weighted by molar-refractivity contribution is -0.870. The zero-order chi connectivity index (χ0) is 38.4. The highest BCUT2D eigenvalue weighted by molar-refractivity contribution is 7.45. The molecular weight excluding hydrogens is 681 g/mol. The monoisotopic (exact) mass is 760 g/mol. The van der Waals surface area contributed by atoms with E-state index in [9.17, 15) is 19.0 Å². The van der Waals surface area contributed by atoms with Crippen LogP contribution in [0.3, 0.4) is 0 Å². The topological polar surface area (TPSA) is 136 Å². The van der Waals surface area contributed by atoms with Crippen molar-refractivity contribution in [2.45, 2.75) is 199 Å². The standard InChI is InChI=1S/C40H78N3O8P/c1-6-8-10-12-14-15-16-17-18-19-20-21-22-24-26-29-38(44)48-35-37(36-50-52(46,47)49-34-33-43(3,4)5)51-39(45)30-28-32-40(41-42-40)31-27-25-23-13-11-9-7-2/h37H,6-36H2,1-5H3/t37-/m1/s1. The molecule has 0 aliphatic carbocycles. The number of esters is 2. The van der Waals surface area contributed by atoms with E-state index >= 15 is 0 Å². The fraction of sp³-hybridized carbons (Fsp3) is 0.950. The average molecular weight is 760 g/mol. The molecule has 306 valence electrons. The maximum absolute atomic E-state index is 12.8. The Hall–Kier alpha value is -1.39. The summed E-state index contributed by atoms with van der Waals surface area (Å²) < 4.78 is 33.9. The first-order valence-electron chi connectivity index (χ1n) is 21.1. The molecule has 11 nitrogen and oxygen atoms in total. The summed E-state index contributed by atoms with van der Waals surface area (Å²) in [5, 5.41) is 8.54. The van der Waals surface area contributed by atoms with E-state index in [1.54, 1.807) is 0 Å². The summed E-state index contributed by atoms with van der Waals surface area (Å²) in [6.07, 6.45) is 28.7. The molecule has 0 N–H and O–H groups in total. The van der Waals surface area contributed by atoms with E-state index in [1.807, 2.05) is 21.1 Å². The maximum atomic E-state index is 12.8. The second-order valence-corrected chi connectivity index (χ2v) is 17.4. The van der Waals surface area contributed by atoms with Gasteiger partial charge in [-0.25, -0.2) is 0 Å². The fourth-order valence-electron chi connectivity index (χ4n) is 6.17. The normalized spacial score (nSPS) is 15.3. The molecule has 0 radical (unpaired) electrons. The summed E-state index contributed by atoms with van der Waals surface area (Å²) in [6.45, 7) is 4.12. The van der Waals surface area contributed by atoms with Crippen molar-refractivity contribution in [3.63, 3.8) is 0 Å². The first-order valence-corrected chi connectivity index (χ1v) is 22.6. The Kier molecular flexibility index (Phi) is 28.0. The van der Waals surface area contributed by atoms with Crippen LogP contribution in [0.4, 0.5) is 0 Å². The van der Waals surface area contributed by atoms with Gasteiger partial charge in [0, 0.05) is 12.8 Å². The minimum absolute atomic E-state index is 0.0420. The van der Waals surface area contributed by atoms with Crippen molar-refractivity contribution in [1.29, 1.82) is 0 Å². The van der Waals surface area contributed by atoms with Crippen molar-refractivity contribution >= 4 is 19.8 Å². The van der Waals surface area contributed by atoms with E-state index in [1.165, 1.54) is 116 Å². The summed E-state index contributed by atoms with van der Waals surface area (Å²) in [6, 6.07) is 0. The van der Waals surface area contributed by atoms with Crippen LogP contribution in [-0.4, -0.2) is 75.7 Å². The third kappa shape index (κ3) is 30.0. The third-order valence-corrected chi connectivity index (χ3v) is 10.6. The van der Waals surface area contributed by atoms with Gasteiger partial charge in [0.05, 0.1) is 27.7 Å². The van der Waals surface area contributed by atoms with E-state index in [2.05, 4.69) is 24.1 Å². The smallest absolute Gasteiger partial charge is 0.306 e. The van der Waals surface area contributed by atoms with E-state index in [0.717, 1.165) is 32.1 Å². The van der Waals surface area contributed by atoms with Gasteiger partial charge >= 0.3 is 11.9 Å². The maximum Gasteiger partial charge on any atom is 0.306 e. The van der Waals surface area contributed by atoms with Crippen LogP contribution in [0.1, 0.15) is 187 Å². The van der Waals surface area contributed by atoms with Crippen molar-refractivity contribution in [1.82, 2.24) is 0 Å². The summed E-state index contributed by atoms with van der Waals surface area (Å²) in [5.74, 6) is -0.907. The highest BCUT2D eigenvalue weighted by Gasteiger charge is 2.38. The molecule has 1 aliphatic rings. The van der Waals surface area contributed by atoms with Crippen molar-refractivity contribution in [2.75, 3.05) is 47.5 Å². The lowest BCUT2D eigenvalue weighted by Crippen LogP contribution is -2.37. The molecule has 12 heteroatoms. The van der Waals surface area contributed by atoms with Crippen LogP contribution in [0.15, 0.2) is 10.2 Å². The molecule has 0 saturated carbocycles. The Balaban J connectivity index is 2.35. The van der Waals surface area contributed by atoms with Gasteiger partial charge < -0.3 is 27.9 Å². The van der Waals surface area contributed by atoms with Gasteiger partial charge in [-0.15, -0.1) is 0 Å². The predicted octanol–water partition coefficient (Wildman–Crippen LogP) is 10.4. The van der Waals surface area contributed by atoms with Gasteiger partial charge in [-0.2, -0.15) is 10.2 Å². The number of phosphoric ester groups is 1. The van der Waals surface area contributed by atoms with Gasteiger partial charge in [-0.3, -0.25) is 14.2 Å². The molecule has 0 spiro atoms. The summed E-state index contributed by atoms with van der Waals surface area (Å²) in [4.78, 5) is 37.6. The number of nitrogens with zero attached hydrogens (tertiary/aromatic N) is 3. The summed E-state index contributed by atoms with van der Waals surface area (Å²) in [5.41, 5.74) is -0.368. The van der Waals surface area contributed by atoms with Gasteiger partial charge in [0.1, 0.15) is 19.8 Å². The quantitative estimate of drug-likeness (QED) is 0.0263. The lowest BCUT2D eigenvalue weighted by Gasteiger charge is -2.28. The Morgan fingerprint density at radius 1 is 0.615 bits per heavy atom. The first kappa shape index (κ1) is 48.6. The number of carbonyl (C=O) groups excluding carboxylic acids is 2. The minimum atomic E-state index is -4.64. The highest BCUT2D eigenvalue weighted by Crippen LogP contribution is 2.39. The second kappa shape index (κ2) is 29.9. The molecule has 1 aliphatic heterocycles. The number of rotatable bonds is 38. The molecule has 0 aromatic heterocycles. The van der Waals surface area contributed by atoms with Crippen LogP contribution >= 0.6 is 7.82 Å². The molecule has 52 heavy (non-hydrogen) atoms. The molecule has 0 aromatic rings. The molecular formula is C40H78N3O8P. The predicted molar refractivity (Wildman–Crippen MR) is 207 cm³/mol. The summed E-state index contributed by atoms with van der Waals surface area (Å²) in [7, 11) is 1.12. The number of likely N-dealkylation sites (N-methyl/N-ethyl adjacent to an activating group) is 1. The SMILES string of the molecule is CCCCCCCCCCCCCCCCCC(=O)OC[C@H](COP(=O)([O-])OCC[N+](C)(C)C)OC(=O)CCCC1(CCCCCCCCC)N=N1. The van der Waals surface area contributed by atoms with E-state index in [-0.39, 0.29) is 31.7 Å². The number of hydrogen-bond acceptors (Lipinski definition) is 10. The number of hydrogen-bond donors (Lipinski definition) is 0. The molecule has 0 aromatic carbocycles. The number of phosphoric acid groups is 1. The largest absolute Gasteiger partial charge is 0.756 e. The summed E-state index contributed by atoms with van der Waals surface area (Å²) >= 11 is 0. The lowest BCUT2D eigenvalue weighted by atomic mass is 9.98. The van der Waals surface area contributed by atoms with Crippen LogP contribution in [0, 0.1) is 0 Å². The zero-order valence-electron chi connectivity index (χ0n) is 34.1. The third-order valence-electron chi connectivity index (χ3n) is 9.66. The Morgan fingerprint density at radius 2 is 1.06 bits per heavy atom. The zero-order valence-corrected chi connectivity index (χ0v) is 34.9. The molecule has 1 heterocycles. The fourth-order valence-corrected chi connectivity index (χ4v) is 6.90. The van der Waals surface area contributed by atoms with Crippen LogP contribution in [0.25, 0.3) is 0 Å². The van der Waals surface area contributed by atoms with Crippen molar-refractivity contribution in [3.8, 4) is 0 Å². The van der Waals surface area contributed by atoms with Crippen molar-refractivity contribution in [3.05, 3.63) is 0 Å². The number of quaternary nitrogens is 1. The molecule has 0 saturated heterocycles. The van der Waals surface area contributed by atoms with Gasteiger partial charge in [-0.1, -0.05) is 142 Å². The number of ether oxygens (including phenoxy) is 2. The van der Waals surface area contributed by atoms with Crippen LogP contribution in [0.5, 0.6) is 0 Å². The molecule has 0 fully saturated rings. The van der Waals surface area contributed by atoms with Crippen LogP contribution in [-0.2, 0) is 32.7 Å². The van der Waals surface area contributed by atoms with Crippen molar-refractivity contribution < 1.29 is 42.1 Å². The van der Waals surface area contributed by atoms with Crippen molar-refractivity contribution in [2.24, 2.45) is 10.2 Å². The van der Waals surface area contributed by atoms with Crippen LogP contribution in [0.2, 0.25) is 0 Å². The molecule has 2 atom stereocenters. The molecule has 0 bridgehead atoms. The highest BCUT2D eigenvalue weighted by atomic mass is 31.2. The Morgan fingerprint density at radius 3 is 1.54 bits per heavy atom. The molecule has 1 unspecified atom stereocenters. The van der Waals surface area contributed by atoms with Gasteiger partial charge in [0.25, 0.3) is 7.82 Å². The number of carbonyl (C=O) groups is 2. The molecule has 0 amide bonds. The first-order chi connectivity index (χ1) is 24.9. The second-order valence-electron chi connectivity index (χ2n) is 16.0. The van der Waals surface area contributed by atoms with Gasteiger partial charge in [0.15, 0.2) is 11.8 Å².